The summed E-state index contributed by atoms with van der Waals surface area (Å²) in [7, 11) is 0. The molecule has 1 amide bonds. The Morgan fingerprint density at radius 3 is 3.00 bits per heavy atom. The molecule has 17 heavy (non-hydrogen) atoms. The molecule has 0 aliphatic carbocycles. The molecule has 1 aliphatic rings. The minimum absolute atomic E-state index is 0.134. The second kappa shape index (κ2) is 4.04. The van der Waals surface area contributed by atoms with Crippen molar-refractivity contribution in [2.45, 2.75) is 11.7 Å². The highest BCUT2D eigenvalue weighted by molar-refractivity contribution is 7.81. The second-order valence-electron chi connectivity index (χ2n) is 4.24. The predicted octanol–water partition coefficient (Wildman–Crippen LogP) is 2.27. The van der Waals surface area contributed by atoms with Crippen LogP contribution in [-0.4, -0.2) is 22.7 Å². The number of hydrogen-bond donors (Lipinski definition) is 1. The number of carbonyl (C=O) groups is 1. The van der Waals surface area contributed by atoms with Gasteiger partial charge in [-0.1, -0.05) is 12.1 Å². The van der Waals surface area contributed by atoms with Crippen molar-refractivity contribution in [2.24, 2.45) is 0 Å². The summed E-state index contributed by atoms with van der Waals surface area (Å²) < 4.78 is 0. The van der Waals surface area contributed by atoms with E-state index in [-0.39, 0.29) is 11.2 Å². The number of pyridine rings is 1. The Labute approximate surface area is 105 Å². The van der Waals surface area contributed by atoms with Crippen LogP contribution in [0.1, 0.15) is 6.42 Å². The molecule has 0 N–H and O–H groups in total. The van der Waals surface area contributed by atoms with Gasteiger partial charge in [0.2, 0.25) is 5.91 Å². The lowest BCUT2D eigenvalue weighted by Crippen LogP contribution is -2.24. The molecule has 1 unspecified atom stereocenters. The normalized spacial score (nSPS) is 20.2. The number of carbonyl (C=O) groups excluding carboxylic acids is 1. The van der Waals surface area contributed by atoms with E-state index in [1.807, 2.05) is 35.4 Å². The van der Waals surface area contributed by atoms with Gasteiger partial charge < -0.3 is 4.90 Å². The molecule has 4 heteroatoms. The Morgan fingerprint density at radius 1 is 1.35 bits per heavy atom. The Balaban J connectivity index is 2.14. The lowest BCUT2D eigenvalue weighted by Gasteiger charge is -2.18. The lowest BCUT2D eigenvalue weighted by atomic mass is 10.1. The molecule has 1 aliphatic heterocycles. The molecule has 0 saturated carbocycles. The van der Waals surface area contributed by atoms with Crippen molar-refractivity contribution in [3.63, 3.8) is 0 Å². The first-order chi connectivity index (χ1) is 8.25. The fourth-order valence-corrected chi connectivity index (χ4v) is 2.57. The number of anilines is 1. The van der Waals surface area contributed by atoms with E-state index < -0.39 is 0 Å². The Kier molecular flexibility index (Phi) is 2.52. The summed E-state index contributed by atoms with van der Waals surface area (Å²) in [5.41, 5.74) is 0.942. The molecular formula is C13H12N2OS. The SMILES string of the molecule is O=C1CC(S)CN1c1cccc2ccncc12. The highest BCUT2D eigenvalue weighted by Crippen LogP contribution is 2.30. The largest absolute Gasteiger partial charge is 0.311 e. The van der Waals surface area contributed by atoms with Crippen molar-refractivity contribution >= 4 is 35.0 Å². The Bertz CT molecular complexity index is 579. The van der Waals surface area contributed by atoms with Gasteiger partial charge in [0, 0.05) is 36.0 Å². The van der Waals surface area contributed by atoms with E-state index in [0.717, 1.165) is 16.5 Å². The first kappa shape index (κ1) is 10.6. The topological polar surface area (TPSA) is 33.2 Å². The number of aromatic nitrogens is 1. The third-order valence-corrected chi connectivity index (χ3v) is 3.40. The third kappa shape index (κ3) is 1.78. The summed E-state index contributed by atoms with van der Waals surface area (Å²) in [6.07, 6.45) is 4.09. The minimum atomic E-state index is 0.134. The maximum atomic E-state index is 11.9. The monoisotopic (exact) mass is 244 g/mol. The third-order valence-electron chi connectivity index (χ3n) is 3.06. The number of rotatable bonds is 1. The van der Waals surface area contributed by atoms with Gasteiger partial charge in [0.05, 0.1) is 5.69 Å². The van der Waals surface area contributed by atoms with Crippen LogP contribution < -0.4 is 4.90 Å². The summed E-state index contributed by atoms with van der Waals surface area (Å²) in [4.78, 5) is 17.8. The first-order valence-electron chi connectivity index (χ1n) is 5.57. The van der Waals surface area contributed by atoms with Gasteiger partial charge in [-0.25, -0.2) is 0 Å². The zero-order valence-corrected chi connectivity index (χ0v) is 10.1. The van der Waals surface area contributed by atoms with Gasteiger partial charge >= 0.3 is 0 Å². The van der Waals surface area contributed by atoms with Crippen LogP contribution >= 0.6 is 12.6 Å². The van der Waals surface area contributed by atoms with Crippen molar-refractivity contribution in [1.29, 1.82) is 0 Å². The molecular weight excluding hydrogens is 232 g/mol. The maximum absolute atomic E-state index is 11.9. The summed E-state index contributed by atoms with van der Waals surface area (Å²) in [5, 5.41) is 2.26. The van der Waals surface area contributed by atoms with Crippen molar-refractivity contribution < 1.29 is 4.79 Å². The van der Waals surface area contributed by atoms with Gasteiger partial charge in [-0.2, -0.15) is 12.6 Å². The average Bonchev–Trinajstić information content (AvgIpc) is 2.68. The van der Waals surface area contributed by atoms with Gasteiger partial charge in [-0.05, 0) is 17.5 Å². The Hall–Kier alpha value is -1.55. The minimum Gasteiger partial charge on any atom is -0.311 e. The van der Waals surface area contributed by atoms with Crippen LogP contribution in [-0.2, 0) is 4.79 Å². The van der Waals surface area contributed by atoms with Crippen LogP contribution in [0.3, 0.4) is 0 Å². The zero-order chi connectivity index (χ0) is 11.8. The van der Waals surface area contributed by atoms with Gasteiger partial charge in [0.15, 0.2) is 0 Å². The molecule has 0 radical (unpaired) electrons. The lowest BCUT2D eigenvalue weighted by molar-refractivity contribution is -0.117. The first-order valence-corrected chi connectivity index (χ1v) is 6.08. The maximum Gasteiger partial charge on any atom is 0.228 e. The zero-order valence-electron chi connectivity index (χ0n) is 9.21. The summed E-state index contributed by atoms with van der Waals surface area (Å²) in [5.74, 6) is 0.140. The number of benzene rings is 1. The molecule has 1 atom stereocenters. The Morgan fingerprint density at radius 2 is 2.24 bits per heavy atom. The number of nitrogens with zero attached hydrogens (tertiary/aromatic N) is 2. The molecule has 2 aromatic rings. The molecule has 3 rings (SSSR count). The van der Waals surface area contributed by atoms with Crippen molar-refractivity contribution in [3.8, 4) is 0 Å². The van der Waals surface area contributed by atoms with E-state index in [9.17, 15) is 4.79 Å². The molecule has 3 nitrogen and oxygen atoms in total. The summed E-state index contributed by atoms with van der Waals surface area (Å²) in [6, 6.07) is 7.92. The number of amides is 1. The fraction of sp³-hybridized carbons (Fsp3) is 0.231. The van der Waals surface area contributed by atoms with E-state index >= 15 is 0 Å². The van der Waals surface area contributed by atoms with Gasteiger partial charge in [0.1, 0.15) is 0 Å². The molecule has 1 aromatic heterocycles. The number of fused-ring (bicyclic) bond motifs is 1. The quantitative estimate of drug-likeness (QED) is 0.781. The van der Waals surface area contributed by atoms with E-state index in [1.54, 1.807) is 6.20 Å². The number of hydrogen-bond acceptors (Lipinski definition) is 3. The van der Waals surface area contributed by atoms with E-state index in [4.69, 9.17) is 0 Å². The van der Waals surface area contributed by atoms with Crippen LogP contribution in [0.2, 0.25) is 0 Å². The van der Waals surface area contributed by atoms with Crippen molar-refractivity contribution in [1.82, 2.24) is 4.98 Å². The van der Waals surface area contributed by atoms with E-state index in [2.05, 4.69) is 17.6 Å². The number of thiol groups is 1. The summed E-state index contributed by atoms with van der Waals surface area (Å²) >= 11 is 4.38. The molecule has 1 aromatic carbocycles. The molecule has 2 heterocycles. The van der Waals surface area contributed by atoms with Crippen LogP contribution in [0.15, 0.2) is 36.7 Å². The molecule has 0 bridgehead atoms. The summed E-state index contributed by atoms with van der Waals surface area (Å²) in [6.45, 7) is 0.677. The fourth-order valence-electron chi connectivity index (χ4n) is 2.25. The van der Waals surface area contributed by atoms with Gasteiger partial charge in [0.25, 0.3) is 0 Å². The predicted molar refractivity (Wildman–Crippen MR) is 71.5 cm³/mol. The van der Waals surface area contributed by atoms with Crippen molar-refractivity contribution in [2.75, 3.05) is 11.4 Å². The van der Waals surface area contributed by atoms with E-state index in [1.165, 1.54) is 0 Å². The molecule has 0 spiro atoms. The standard InChI is InChI=1S/C13H12N2OS/c16-13-6-10(17)8-15(13)12-3-1-2-9-4-5-14-7-11(9)12/h1-5,7,10,17H,6,8H2. The smallest absolute Gasteiger partial charge is 0.228 e. The van der Waals surface area contributed by atoms with Crippen LogP contribution in [0.5, 0.6) is 0 Å². The highest BCUT2D eigenvalue weighted by Gasteiger charge is 2.29. The second-order valence-corrected chi connectivity index (χ2v) is 4.97. The van der Waals surface area contributed by atoms with Crippen LogP contribution in [0.25, 0.3) is 10.8 Å². The molecule has 1 fully saturated rings. The van der Waals surface area contributed by atoms with E-state index in [0.29, 0.717) is 13.0 Å². The average molecular weight is 244 g/mol. The van der Waals surface area contributed by atoms with Crippen molar-refractivity contribution in [3.05, 3.63) is 36.7 Å². The van der Waals surface area contributed by atoms with Crippen LogP contribution in [0.4, 0.5) is 5.69 Å². The molecule has 86 valence electrons. The highest BCUT2D eigenvalue weighted by atomic mass is 32.1. The molecule has 1 saturated heterocycles. The van der Waals surface area contributed by atoms with Gasteiger partial charge in [-0.3, -0.25) is 9.78 Å². The van der Waals surface area contributed by atoms with Gasteiger partial charge in [-0.15, -0.1) is 0 Å². The van der Waals surface area contributed by atoms with Crippen LogP contribution in [0, 0.1) is 0 Å².